The Morgan fingerprint density at radius 3 is 2.83 bits per heavy atom. The molecule has 0 fully saturated rings. The van der Waals surface area contributed by atoms with Crippen LogP contribution in [0.25, 0.3) is 0 Å². The van der Waals surface area contributed by atoms with Crippen molar-refractivity contribution in [2.24, 2.45) is 0 Å². The maximum atomic E-state index is 8.66. The minimum absolute atomic E-state index is 0.551. The van der Waals surface area contributed by atoms with Gasteiger partial charge in [0.05, 0.1) is 15.0 Å². The lowest BCUT2D eigenvalue weighted by Gasteiger charge is -2.02. The molecule has 1 aromatic rings. The van der Waals surface area contributed by atoms with E-state index in [1.54, 1.807) is 6.07 Å². The molecule has 4 heteroatoms. The summed E-state index contributed by atoms with van der Waals surface area (Å²) in [5.41, 5.74) is 1.64. The van der Waals surface area contributed by atoms with Crippen LogP contribution >= 0.6 is 25.4 Å². The van der Waals surface area contributed by atoms with Gasteiger partial charge in [0.15, 0.2) is 0 Å². The Bertz CT molecular complexity index is 321. The monoisotopic (exact) mass is 243 g/mol. The molecule has 0 spiro atoms. The van der Waals surface area contributed by atoms with Crippen LogP contribution in [-0.2, 0) is 5.33 Å². The Morgan fingerprint density at radius 2 is 2.33 bits per heavy atom. The van der Waals surface area contributed by atoms with Crippen molar-refractivity contribution < 1.29 is 4.52 Å². The summed E-state index contributed by atoms with van der Waals surface area (Å²) < 4.78 is 4.95. The van der Waals surface area contributed by atoms with Crippen LogP contribution in [0.15, 0.2) is 18.2 Å². The fourth-order valence-electron chi connectivity index (χ4n) is 0.840. The van der Waals surface area contributed by atoms with Gasteiger partial charge in [0.1, 0.15) is 11.8 Å². The molecule has 62 valence electrons. The predicted octanol–water partition coefficient (Wildman–Crippen LogP) is 2.62. The van der Waals surface area contributed by atoms with Crippen molar-refractivity contribution in [2.75, 3.05) is 0 Å². The van der Waals surface area contributed by atoms with Crippen LogP contribution < -0.4 is 4.52 Å². The lowest BCUT2D eigenvalue weighted by atomic mass is 10.1. The van der Waals surface area contributed by atoms with E-state index in [0.29, 0.717) is 11.3 Å². The van der Waals surface area contributed by atoms with Crippen LogP contribution in [0.4, 0.5) is 0 Å². The zero-order valence-electron chi connectivity index (χ0n) is 6.25. The van der Waals surface area contributed by atoms with Crippen LogP contribution in [0.1, 0.15) is 11.1 Å². The summed E-state index contributed by atoms with van der Waals surface area (Å²) in [4.78, 5) is 0. The Labute approximate surface area is 82.0 Å². The van der Waals surface area contributed by atoms with Crippen molar-refractivity contribution >= 4 is 25.4 Å². The summed E-state index contributed by atoms with van der Waals surface area (Å²) in [7, 11) is 2.13. The Balaban J connectivity index is 3.13. The fourth-order valence-corrected chi connectivity index (χ4v) is 1.38. The number of hydrogen-bond donors (Lipinski definition) is 0. The molecule has 12 heavy (non-hydrogen) atoms. The summed E-state index contributed by atoms with van der Waals surface area (Å²) in [5.74, 6) is 0.597. The number of rotatable bonds is 2. The highest BCUT2D eigenvalue weighted by atomic mass is 79.9. The second-order valence-corrected chi connectivity index (χ2v) is 2.99. The first-order valence-electron chi connectivity index (χ1n) is 3.27. The molecule has 0 saturated carbocycles. The standard InChI is InChI=1S/C8H7BrNOP/c9-4-6-1-2-7(5-10)8(3-6)11-12/h1-3H,4,12H2. The highest BCUT2D eigenvalue weighted by Crippen LogP contribution is 2.22. The first-order valence-corrected chi connectivity index (χ1v) is 4.87. The normalized spacial score (nSPS) is 9.08. The van der Waals surface area contributed by atoms with Gasteiger partial charge in [0.2, 0.25) is 0 Å². The van der Waals surface area contributed by atoms with Crippen molar-refractivity contribution in [3.63, 3.8) is 0 Å². The Hall–Kier alpha value is -0.580. The van der Waals surface area contributed by atoms with Crippen molar-refractivity contribution in [3.05, 3.63) is 29.3 Å². The zero-order chi connectivity index (χ0) is 8.97. The summed E-state index contributed by atoms with van der Waals surface area (Å²) in [6, 6.07) is 7.51. The quantitative estimate of drug-likeness (QED) is 0.591. The molecule has 2 nitrogen and oxygen atoms in total. The molecule has 0 heterocycles. The molecular weight excluding hydrogens is 237 g/mol. The number of halogens is 1. The largest absolute Gasteiger partial charge is 0.479 e. The van der Waals surface area contributed by atoms with Gasteiger partial charge in [-0.2, -0.15) is 5.26 Å². The van der Waals surface area contributed by atoms with E-state index in [4.69, 9.17) is 9.79 Å². The highest BCUT2D eigenvalue weighted by molar-refractivity contribution is 9.08. The second-order valence-electron chi connectivity index (χ2n) is 2.19. The number of alkyl halides is 1. The number of hydrogen-bond acceptors (Lipinski definition) is 2. The first kappa shape index (κ1) is 9.51. The predicted molar refractivity (Wildman–Crippen MR) is 54.1 cm³/mol. The van der Waals surface area contributed by atoms with Gasteiger partial charge in [0, 0.05) is 5.33 Å². The van der Waals surface area contributed by atoms with Crippen LogP contribution in [0, 0.1) is 11.3 Å². The minimum Gasteiger partial charge on any atom is -0.479 e. The van der Waals surface area contributed by atoms with E-state index < -0.39 is 0 Å². The SMILES string of the molecule is N#Cc1ccc(CBr)cc1OP. The Morgan fingerprint density at radius 1 is 1.58 bits per heavy atom. The van der Waals surface area contributed by atoms with Gasteiger partial charge in [-0.15, -0.1) is 0 Å². The molecular formula is C8H7BrNOP. The van der Waals surface area contributed by atoms with E-state index in [-0.39, 0.29) is 0 Å². The highest BCUT2D eigenvalue weighted by Gasteiger charge is 2.01. The number of benzene rings is 1. The topological polar surface area (TPSA) is 33.0 Å². The van der Waals surface area contributed by atoms with E-state index in [0.717, 1.165) is 10.9 Å². The first-order chi connectivity index (χ1) is 5.81. The molecule has 0 aliphatic rings. The molecule has 0 radical (unpaired) electrons. The third kappa shape index (κ3) is 1.97. The maximum absolute atomic E-state index is 8.66. The van der Waals surface area contributed by atoms with Crippen LogP contribution in [-0.4, -0.2) is 0 Å². The zero-order valence-corrected chi connectivity index (χ0v) is 8.99. The smallest absolute Gasteiger partial charge is 0.140 e. The van der Waals surface area contributed by atoms with E-state index in [2.05, 4.69) is 25.4 Å². The second kappa shape index (κ2) is 4.45. The number of nitrogens with zero attached hydrogens (tertiary/aromatic N) is 1. The van der Waals surface area contributed by atoms with E-state index in [1.807, 2.05) is 18.2 Å². The van der Waals surface area contributed by atoms with E-state index in [1.165, 1.54) is 0 Å². The molecule has 1 aromatic carbocycles. The van der Waals surface area contributed by atoms with Gasteiger partial charge < -0.3 is 4.52 Å². The van der Waals surface area contributed by atoms with E-state index >= 15 is 0 Å². The third-order valence-corrected chi connectivity index (χ3v) is 2.35. The van der Waals surface area contributed by atoms with Gasteiger partial charge in [-0.3, -0.25) is 0 Å². The molecule has 0 aliphatic carbocycles. The molecule has 0 aliphatic heterocycles. The molecule has 0 N–H and O–H groups in total. The van der Waals surface area contributed by atoms with Gasteiger partial charge in [-0.05, 0) is 17.7 Å². The van der Waals surface area contributed by atoms with Crippen molar-refractivity contribution in [3.8, 4) is 11.8 Å². The van der Waals surface area contributed by atoms with Gasteiger partial charge in [-0.1, -0.05) is 22.0 Å². The number of nitriles is 1. The molecule has 0 saturated heterocycles. The van der Waals surface area contributed by atoms with Crippen molar-refractivity contribution in [1.29, 1.82) is 5.26 Å². The summed E-state index contributed by atoms with van der Waals surface area (Å²) in [6.07, 6.45) is 0. The Kier molecular flexibility index (Phi) is 3.52. The molecule has 1 atom stereocenters. The summed E-state index contributed by atoms with van der Waals surface area (Å²) in [5, 5.41) is 9.43. The van der Waals surface area contributed by atoms with Crippen LogP contribution in [0.3, 0.4) is 0 Å². The van der Waals surface area contributed by atoms with Gasteiger partial charge >= 0.3 is 0 Å². The average molecular weight is 244 g/mol. The van der Waals surface area contributed by atoms with Gasteiger partial charge in [-0.25, -0.2) is 0 Å². The fraction of sp³-hybridized carbons (Fsp3) is 0.125. The van der Waals surface area contributed by atoms with Crippen molar-refractivity contribution in [2.45, 2.75) is 5.33 Å². The molecule has 0 amide bonds. The molecule has 0 bridgehead atoms. The summed E-state index contributed by atoms with van der Waals surface area (Å²) >= 11 is 3.32. The molecule has 0 aromatic heterocycles. The van der Waals surface area contributed by atoms with Crippen LogP contribution in [0.5, 0.6) is 5.75 Å². The third-order valence-electron chi connectivity index (χ3n) is 1.45. The van der Waals surface area contributed by atoms with Gasteiger partial charge in [0.25, 0.3) is 0 Å². The lowest BCUT2D eigenvalue weighted by molar-refractivity contribution is 0.642. The molecule has 1 rings (SSSR count). The minimum atomic E-state index is 0.551. The van der Waals surface area contributed by atoms with E-state index in [9.17, 15) is 0 Å². The lowest BCUT2D eigenvalue weighted by Crippen LogP contribution is -1.84. The maximum Gasteiger partial charge on any atom is 0.140 e. The van der Waals surface area contributed by atoms with Crippen LogP contribution in [0.2, 0.25) is 0 Å². The molecule has 1 unspecified atom stereocenters. The average Bonchev–Trinajstić information content (AvgIpc) is 2.16. The summed E-state index contributed by atoms with van der Waals surface area (Å²) in [6.45, 7) is 0. The van der Waals surface area contributed by atoms with Crippen molar-refractivity contribution in [1.82, 2.24) is 0 Å².